The van der Waals surface area contributed by atoms with Crippen molar-refractivity contribution in [3.63, 3.8) is 0 Å². The zero-order chi connectivity index (χ0) is 10.3. The minimum absolute atomic E-state index is 0.449. The molecule has 6 heteroatoms. The Labute approximate surface area is 86.3 Å². The number of aromatic nitrogens is 4. The molecule has 0 amide bonds. The van der Waals surface area contributed by atoms with Gasteiger partial charge in [0.2, 0.25) is 0 Å². The molecule has 0 saturated heterocycles. The van der Waals surface area contributed by atoms with E-state index in [4.69, 9.17) is 5.73 Å². The molecule has 6 nitrogen and oxygen atoms in total. The maximum Gasteiger partial charge on any atom is 0.183 e. The highest BCUT2D eigenvalue weighted by atomic mass is 15.1. The van der Waals surface area contributed by atoms with Crippen molar-refractivity contribution < 1.29 is 0 Å². The highest BCUT2D eigenvalue weighted by Crippen LogP contribution is 2.19. The summed E-state index contributed by atoms with van der Waals surface area (Å²) in [7, 11) is 0. The van der Waals surface area contributed by atoms with Crippen LogP contribution in [0.25, 0.3) is 11.2 Å². The van der Waals surface area contributed by atoms with E-state index >= 15 is 0 Å². The van der Waals surface area contributed by atoms with Gasteiger partial charge in [0.05, 0.1) is 6.54 Å². The fourth-order valence-corrected chi connectivity index (χ4v) is 1.51. The number of fused-ring (bicyclic) bond motifs is 1. The van der Waals surface area contributed by atoms with E-state index < -0.39 is 0 Å². The molecule has 0 aromatic carbocycles. The lowest BCUT2D eigenvalue weighted by molar-refractivity contribution is 0.665. The van der Waals surface area contributed by atoms with Gasteiger partial charge < -0.3 is 16.0 Å². The Hall–Kier alpha value is -1.69. The number of nitrogens with two attached hydrogens (primary N) is 1. The molecule has 0 radical (unpaired) electrons. The van der Waals surface area contributed by atoms with Crippen molar-refractivity contribution in [3.05, 3.63) is 12.2 Å². The zero-order valence-electron chi connectivity index (χ0n) is 8.20. The lowest BCUT2D eigenvalue weighted by atomic mass is 10.5. The van der Waals surface area contributed by atoms with Crippen LogP contribution < -0.4 is 11.1 Å². The number of hydrogen-bond donors (Lipinski definition) is 3. The van der Waals surface area contributed by atoms with Crippen molar-refractivity contribution in [1.29, 1.82) is 0 Å². The second kappa shape index (κ2) is 3.16. The van der Waals surface area contributed by atoms with Crippen molar-refractivity contribution in [2.24, 2.45) is 0 Å². The fourth-order valence-electron chi connectivity index (χ4n) is 1.51. The molecule has 0 spiro atoms. The molecule has 1 fully saturated rings. The Morgan fingerprint density at radius 3 is 3.07 bits per heavy atom. The van der Waals surface area contributed by atoms with Crippen LogP contribution in [-0.2, 0) is 6.54 Å². The van der Waals surface area contributed by atoms with Gasteiger partial charge in [-0.1, -0.05) is 0 Å². The largest absolute Gasteiger partial charge is 0.382 e. The van der Waals surface area contributed by atoms with Crippen molar-refractivity contribution in [3.8, 4) is 0 Å². The van der Waals surface area contributed by atoms with E-state index in [-0.39, 0.29) is 0 Å². The Bertz CT molecular complexity index is 486. The van der Waals surface area contributed by atoms with Gasteiger partial charge in [0.1, 0.15) is 17.7 Å². The average Bonchev–Trinajstić information content (AvgIpc) is 2.95. The second-order valence-corrected chi connectivity index (χ2v) is 3.80. The quantitative estimate of drug-likeness (QED) is 0.663. The minimum Gasteiger partial charge on any atom is -0.382 e. The summed E-state index contributed by atoms with van der Waals surface area (Å²) in [6.07, 6.45) is 3.96. The molecule has 0 atom stereocenters. The van der Waals surface area contributed by atoms with Crippen LogP contribution in [0.5, 0.6) is 0 Å². The second-order valence-electron chi connectivity index (χ2n) is 3.80. The summed E-state index contributed by atoms with van der Waals surface area (Å²) in [5.74, 6) is 1.31. The van der Waals surface area contributed by atoms with Crippen LogP contribution in [0.1, 0.15) is 18.7 Å². The van der Waals surface area contributed by atoms with Crippen LogP contribution in [0.2, 0.25) is 0 Å². The number of nitrogens with zero attached hydrogens (tertiary/aromatic N) is 3. The normalized spacial score (nSPS) is 16.0. The molecule has 1 saturated carbocycles. The summed E-state index contributed by atoms with van der Waals surface area (Å²) >= 11 is 0. The highest BCUT2D eigenvalue weighted by molar-refractivity contribution is 5.80. The number of hydrogen-bond acceptors (Lipinski definition) is 5. The lowest BCUT2D eigenvalue weighted by Crippen LogP contribution is -2.16. The van der Waals surface area contributed by atoms with E-state index in [1.165, 1.54) is 19.2 Å². The first kappa shape index (κ1) is 8.60. The number of H-pyrrole nitrogens is 1. The zero-order valence-corrected chi connectivity index (χ0v) is 8.20. The van der Waals surface area contributed by atoms with Crippen molar-refractivity contribution in [2.75, 3.05) is 5.73 Å². The molecule has 2 aromatic rings. The highest BCUT2D eigenvalue weighted by Gasteiger charge is 2.20. The Morgan fingerprint density at radius 1 is 1.47 bits per heavy atom. The summed E-state index contributed by atoms with van der Waals surface area (Å²) in [5, 5.41) is 3.37. The third kappa shape index (κ3) is 1.63. The van der Waals surface area contributed by atoms with Crippen LogP contribution in [0.15, 0.2) is 6.33 Å². The first-order chi connectivity index (χ1) is 7.33. The standard InChI is InChI=1S/C9H12N6/c10-8-7-9(13-4-12-8)15-6(14-7)3-11-5-1-2-5/h4-5,11H,1-3H2,(H3,10,12,13,14,15). The number of imidazole rings is 1. The van der Waals surface area contributed by atoms with Crippen molar-refractivity contribution in [2.45, 2.75) is 25.4 Å². The Morgan fingerprint density at radius 2 is 2.33 bits per heavy atom. The summed E-state index contributed by atoms with van der Waals surface area (Å²) < 4.78 is 0. The Balaban J connectivity index is 1.88. The predicted octanol–water partition coefficient (Wildman–Crippen LogP) is 0.187. The molecular formula is C9H12N6. The number of nitrogens with one attached hydrogen (secondary N) is 2. The minimum atomic E-state index is 0.449. The smallest absolute Gasteiger partial charge is 0.183 e. The van der Waals surface area contributed by atoms with Crippen LogP contribution in [0.3, 0.4) is 0 Å². The monoisotopic (exact) mass is 204 g/mol. The van der Waals surface area contributed by atoms with Gasteiger partial charge in [0.25, 0.3) is 0 Å². The van der Waals surface area contributed by atoms with Gasteiger partial charge in [-0.2, -0.15) is 0 Å². The topological polar surface area (TPSA) is 92.5 Å². The van der Waals surface area contributed by atoms with Crippen LogP contribution in [0.4, 0.5) is 5.82 Å². The van der Waals surface area contributed by atoms with Gasteiger partial charge in [-0.25, -0.2) is 15.0 Å². The molecule has 1 aliphatic rings. The summed E-state index contributed by atoms with van der Waals surface area (Å²) in [4.78, 5) is 15.4. The third-order valence-corrected chi connectivity index (χ3v) is 2.50. The van der Waals surface area contributed by atoms with E-state index in [9.17, 15) is 0 Å². The summed E-state index contributed by atoms with van der Waals surface area (Å²) in [6.45, 7) is 0.737. The van der Waals surface area contributed by atoms with Crippen LogP contribution in [-0.4, -0.2) is 26.0 Å². The number of aromatic amines is 1. The average molecular weight is 204 g/mol. The molecule has 2 heterocycles. The van der Waals surface area contributed by atoms with Gasteiger partial charge in [0.15, 0.2) is 11.5 Å². The molecule has 15 heavy (non-hydrogen) atoms. The van der Waals surface area contributed by atoms with Crippen molar-refractivity contribution >= 4 is 17.0 Å². The summed E-state index contributed by atoms with van der Waals surface area (Å²) in [6, 6.07) is 0.668. The third-order valence-electron chi connectivity index (χ3n) is 2.50. The molecule has 0 bridgehead atoms. The van der Waals surface area contributed by atoms with E-state index in [0.717, 1.165) is 17.9 Å². The van der Waals surface area contributed by atoms with E-state index in [0.29, 0.717) is 17.5 Å². The first-order valence-corrected chi connectivity index (χ1v) is 5.01. The van der Waals surface area contributed by atoms with Gasteiger partial charge >= 0.3 is 0 Å². The van der Waals surface area contributed by atoms with E-state index in [1.54, 1.807) is 0 Å². The Kier molecular flexibility index (Phi) is 1.81. The molecule has 0 unspecified atom stereocenters. The lowest BCUT2D eigenvalue weighted by Gasteiger charge is -1.96. The molecule has 4 N–H and O–H groups in total. The van der Waals surface area contributed by atoms with E-state index in [2.05, 4.69) is 25.3 Å². The molecule has 0 aliphatic heterocycles. The number of rotatable bonds is 3. The maximum atomic E-state index is 5.70. The molecule has 1 aliphatic carbocycles. The predicted molar refractivity (Wildman–Crippen MR) is 56.0 cm³/mol. The fraction of sp³-hybridized carbons (Fsp3) is 0.444. The van der Waals surface area contributed by atoms with Gasteiger partial charge in [-0.15, -0.1) is 0 Å². The molecule has 2 aromatic heterocycles. The molecule has 78 valence electrons. The van der Waals surface area contributed by atoms with Gasteiger partial charge in [0, 0.05) is 6.04 Å². The van der Waals surface area contributed by atoms with Gasteiger partial charge in [-0.3, -0.25) is 0 Å². The number of nitrogen functional groups attached to an aromatic ring is 1. The molecular weight excluding hydrogens is 192 g/mol. The number of anilines is 1. The first-order valence-electron chi connectivity index (χ1n) is 5.01. The summed E-state index contributed by atoms with van der Waals surface area (Å²) in [5.41, 5.74) is 7.06. The van der Waals surface area contributed by atoms with Crippen LogP contribution >= 0.6 is 0 Å². The molecule has 3 rings (SSSR count). The van der Waals surface area contributed by atoms with E-state index in [1.807, 2.05) is 0 Å². The SMILES string of the molecule is Nc1ncnc2nc(CNC3CC3)[nH]c12. The van der Waals surface area contributed by atoms with Crippen LogP contribution in [0, 0.1) is 0 Å². The maximum absolute atomic E-state index is 5.70. The van der Waals surface area contributed by atoms with Gasteiger partial charge in [-0.05, 0) is 12.8 Å². The van der Waals surface area contributed by atoms with Crippen molar-refractivity contribution in [1.82, 2.24) is 25.3 Å².